The van der Waals surface area contributed by atoms with Crippen LogP contribution >= 0.6 is 0 Å². The van der Waals surface area contributed by atoms with Gasteiger partial charge in [0.2, 0.25) is 0 Å². The van der Waals surface area contributed by atoms with E-state index in [4.69, 9.17) is 9.15 Å². The van der Waals surface area contributed by atoms with Crippen LogP contribution in [0.25, 0.3) is 0 Å². The zero-order valence-corrected chi connectivity index (χ0v) is 17.5. The molecule has 0 aliphatic heterocycles. The molecule has 0 bridgehead atoms. The van der Waals surface area contributed by atoms with Crippen molar-refractivity contribution < 1.29 is 18.7 Å². The van der Waals surface area contributed by atoms with Crippen LogP contribution in [0.3, 0.4) is 0 Å². The number of carbonyl (C=O) groups excluding carboxylic acids is 2. The maximum atomic E-state index is 12.5. The summed E-state index contributed by atoms with van der Waals surface area (Å²) >= 11 is 0. The van der Waals surface area contributed by atoms with Crippen molar-refractivity contribution in [2.75, 3.05) is 6.61 Å². The van der Waals surface area contributed by atoms with E-state index in [-0.39, 0.29) is 29.8 Å². The molecule has 152 valence electrons. The average Bonchev–Trinajstić information content (AvgIpc) is 3.11. The molecule has 0 aliphatic carbocycles. The van der Waals surface area contributed by atoms with E-state index in [1.54, 1.807) is 6.92 Å². The molecule has 2 aromatic rings. The lowest BCUT2D eigenvalue weighted by Crippen LogP contribution is -2.38. The Hall–Kier alpha value is -2.56. The topological polar surface area (TPSA) is 68.5 Å². The van der Waals surface area contributed by atoms with Gasteiger partial charge in [0.1, 0.15) is 23.1 Å². The van der Waals surface area contributed by atoms with Crippen LogP contribution in [0, 0.1) is 5.41 Å². The largest absolute Gasteiger partial charge is 0.484 e. The molecule has 1 N–H and O–H groups in total. The maximum absolute atomic E-state index is 12.5. The van der Waals surface area contributed by atoms with Gasteiger partial charge in [-0.05, 0) is 48.6 Å². The number of Topliss-reactive ketones (excluding diaryl/α,β-unsaturated/α-hetero) is 1. The molecule has 0 spiro atoms. The average molecular weight is 386 g/mol. The van der Waals surface area contributed by atoms with Gasteiger partial charge in [-0.25, -0.2) is 0 Å². The van der Waals surface area contributed by atoms with E-state index in [2.05, 4.69) is 26.1 Å². The summed E-state index contributed by atoms with van der Waals surface area (Å²) in [6, 6.07) is 11.1. The molecule has 1 atom stereocenters. The van der Waals surface area contributed by atoms with Crippen molar-refractivity contribution in [2.45, 2.75) is 59.9 Å². The summed E-state index contributed by atoms with van der Waals surface area (Å²) in [4.78, 5) is 23.5. The number of aryl methyl sites for hydroxylation is 2. The zero-order chi connectivity index (χ0) is 20.7. The first-order valence-corrected chi connectivity index (χ1v) is 9.78. The minimum Gasteiger partial charge on any atom is -0.484 e. The quantitative estimate of drug-likeness (QED) is 0.682. The van der Waals surface area contributed by atoms with Crippen molar-refractivity contribution in [2.24, 2.45) is 5.41 Å². The van der Waals surface area contributed by atoms with Crippen LogP contribution in [-0.2, 0) is 22.4 Å². The number of rotatable bonds is 9. The molecule has 0 saturated carbocycles. The zero-order valence-electron chi connectivity index (χ0n) is 17.5. The van der Waals surface area contributed by atoms with Gasteiger partial charge in [0, 0.05) is 12.8 Å². The molecule has 0 saturated heterocycles. The van der Waals surface area contributed by atoms with Gasteiger partial charge in [-0.2, -0.15) is 0 Å². The highest BCUT2D eigenvalue weighted by atomic mass is 16.5. The lowest BCUT2D eigenvalue weighted by atomic mass is 9.85. The van der Waals surface area contributed by atoms with Crippen molar-refractivity contribution in [3.05, 3.63) is 53.5 Å². The van der Waals surface area contributed by atoms with Crippen molar-refractivity contribution in [3.63, 3.8) is 0 Å². The Labute approximate surface area is 167 Å². The van der Waals surface area contributed by atoms with E-state index < -0.39 is 0 Å². The number of ketones is 1. The lowest BCUT2D eigenvalue weighted by molar-refractivity contribution is -0.124. The van der Waals surface area contributed by atoms with Gasteiger partial charge < -0.3 is 19.3 Å². The standard InChI is InChI=1S/C23H31NO4/c1-6-18-13-14-20(28-18)22(23(3,4)5)24-21(26)15-27-19-11-9-17(10-12-19)8-7-16(2)25/h9-14,22H,6-8,15H2,1-5H3,(H,24,26). The molecule has 5 heteroatoms. The molecule has 1 amide bonds. The second-order valence-electron chi connectivity index (χ2n) is 8.16. The monoisotopic (exact) mass is 385 g/mol. The number of hydrogen-bond donors (Lipinski definition) is 1. The maximum Gasteiger partial charge on any atom is 0.258 e. The van der Waals surface area contributed by atoms with E-state index in [1.807, 2.05) is 43.3 Å². The van der Waals surface area contributed by atoms with Crippen LogP contribution < -0.4 is 10.1 Å². The molecule has 1 unspecified atom stereocenters. The van der Waals surface area contributed by atoms with Gasteiger partial charge in [0.05, 0.1) is 6.04 Å². The van der Waals surface area contributed by atoms with E-state index >= 15 is 0 Å². The first-order chi connectivity index (χ1) is 13.2. The normalized spacial score (nSPS) is 12.5. The van der Waals surface area contributed by atoms with Crippen LogP contribution in [0.4, 0.5) is 0 Å². The molecule has 0 fully saturated rings. The van der Waals surface area contributed by atoms with Gasteiger partial charge in [-0.3, -0.25) is 4.79 Å². The Morgan fingerprint density at radius 2 is 1.79 bits per heavy atom. The minimum absolute atomic E-state index is 0.0687. The Kier molecular flexibility index (Phi) is 7.44. The minimum atomic E-state index is -0.238. The molecule has 1 aromatic heterocycles. The molecule has 1 aromatic carbocycles. The number of nitrogens with one attached hydrogen (secondary N) is 1. The second-order valence-corrected chi connectivity index (χ2v) is 8.16. The van der Waals surface area contributed by atoms with Crippen LogP contribution in [0.15, 0.2) is 40.8 Å². The van der Waals surface area contributed by atoms with Crippen molar-refractivity contribution in [1.29, 1.82) is 0 Å². The summed E-state index contributed by atoms with van der Waals surface area (Å²) in [5.41, 5.74) is 0.876. The Morgan fingerprint density at radius 3 is 2.32 bits per heavy atom. The molecule has 2 rings (SSSR count). The fourth-order valence-corrected chi connectivity index (χ4v) is 2.88. The van der Waals surface area contributed by atoms with Gasteiger partial charge in [0.25, 0.3) is 5.91 Å². The fraction of sp³-hybridized carbons (Fsp3) is 0.478. The Morgan fingerprint density at radius 1 is 1.11 bits per heavy atom. The van der Waals surface area contributed by atoms with E-state index in [0.717, 1.165) is 23.5 Å². The van der Waals surface area contributed by atoms with E-state index in [1.165, 1.54) is 0 Å². The highest BCUT2D eigenvalue weighted by Gasteiger charge is 2.30. The van der Waals surface area contributed by atoms with Crippen LogP contribution in [0.1, 0.15) is 64.2 Å². The van der Waals surface area contributed by atoms with Gasteiger partial charge in [-0.1, -0.05) is 39.8 Å². The number of ether oxygens (including phenoxy) is 1. The first-order valence-electron chi connectivity index (χ1n) is 9.78. The molecule has 0 radical (unpaired) electrons. The van der Waals surface area contributed by atoms with Crippen LogP contribution in [-0.4, -0.2) is 18.3 Å². The highest BCUT2D eigenvalue weighted by Crippen LogP contribution is 2.33. The molecule has 1 heterocycles. The summed E-state index contributed by atoms with van der Waals surface area (Å²) in [7, 11) is 0. The number of furan rings is 1. The van der Waals surface area contributed by atoms with Crippen molar-refractivity contribution >= 4 is 11.7 Å². The molecule has 5 nitrogen and oxygen atoms in total. The molecular weight excluding hydrogens is 354 g/mol. The predicted octanol–water partition coefficient (Wildman–Crippen LogP) is 4.65. The summed E-state index contributed by atoms with van der Waals surface area (Å²) < 4.78 is 11.5. The predicted molar refractivity (Wildman–Crippen MR) is 109 cm³/mol. The van der Waals surface area contributed by atoms with Crippen molar-refractivity contribution in [3.8, 4) is 5.75 Å². The van der Waals surface area contributed by atoms with Gasteiger partial charge in [0.15, 0.2) is 6.61 Å². The van der Waals surface area contributed by atoms with Crippen LogP contribution in [0.2, 0.25) is 0 Å². The third-order valence-electron chi connectivity index (χ3n) is 4.55. The highest BCUT2D eigenvalue weighted by molar-refractivity contribution is 5.78. The second kappa shape index (κ2) is 9.58. The van der Waals surface area contributed by atoms with Gasteiger partial charge in [-0.15, -0.1) is 0 Å². The summed E-state index contributed by atoms with van der Waals surface area (Å²) in [5.74, 6) is 2.26. The molecule has 0 aliphatic rings. The third-order valence-corrected chi connectivity index (χ3v) is 4.55. The summed E-state index contributed by atoms with van der Waals surface area (Å²) in [6.07, 6.45) is 2.06. The Balaban J connectivity index is 1.93. The van der Waals surface area contributed by atoms with E-state index in [0.29, 0.717) is 18.6 Å². The SMILES string of the molecule is CCc1ccc(C(NC(=O)COc2ccc(CCC(C)=O)cc2)C(C)(C)C)o1. The number of hydrogen-bond acceptors (Lipinski definition) is 4. The molecule has 28 heavy (non-hydrogen) atoms. The first kappa shape index (κ1) is 21.7. The number of benzene rings is 1. The number of amides is 1. The van der Waals surface area contributed by atoms with E-state index in [9.17, 15) is 9.59 Å². The Bertz CT molecular complexity index is 784. The fourth-order valence-electron chi connectivity index (χ4n) is 2.88. The smallest absolute Gasteiger partial charge is 0.258 e. The summed E-state index contributed by atoms with van der Waals surface area (Å²) in [5, 5.41) is 3.03. The molecular formula is C23H31NO4. The third kappa shape index (κ3) is 6.55. The van der Waals surface area contributed by atoms with Crippen LogP contribution in [0.5, 0.6) is 5.75 Å². The number of carbonyl (C=O) groups is 2. The lowest BCUT2D eigenvalue weighted by Gasteiger charge is -2.29. The van der Waals surface area contributed by atoms with Crippen molar-refractivity contribution in [1.82, 2.24) is 5.32 Å². The summed E-state index contributed by atoms with van der Waals surface area (Å²) in [6.45, 7) is 9.74. The van der Waals surface area contributed by atoms with Gasteiger partial charge >= 0.3 is 0 Å².